The summed E-state index contributed by atoms with van der Waals surface area (Å²) in [6.07, 6.45) is 0. The van der Waals surface area contributed by atoms with Gasteiger partial charge in [0.1, 0.15) is 0 Å². The third kappa shape index (κ3) is 2.48. The van der Waals surface area contributed by atoms with Crippen molar-refractivity contribution in [2.45, 2.75) is 13.8 Å². The van der Waals surface area contributed by atoms with Crippen LogP contribution in [0.3, 0.4) is 0 Å². The molecule has 0 spiro atoms. The van der Waals surface area contributed by atoms with E-state index in [1.54, 1.807) is 9.59 Å². The number of nitrogens with zero attached hydrogens (tertiary/aromatic N) is 5. The summed E-state index contributed by atoms with van der Waals surface area (Å²) in [5.41, 5.74) is 3.84. The Balaban J connectivity index is 1.92. The van der Waals surface area contributed by atoms with Crippen LogP contribution >= 0.6 is 0 Å². The van der Waals surface area contributed by atoms with Crippen molar-refractivity contribution in [2.75, 3.05) is 0 Å². The van der Waals surface area contributed by atoms with Crippen molar-refractivity contribution in [2.24, 2.45) is 0 Å². The maximum Gasteiger partial charge on any atom is 0.340 e. The highest BCUT2D eigenvalue weighted by atomic mass is 15.7. The Labute approximate surface area is 139 Å². The second-order valence-electron chi connectivity index (χ2n) is 5.57. The molecule has 0 bridgehead atoms. The van der Waals surface area contributed by atoms with Crippen LogP contribution < -0.4 is 4.80 Å². The Kier molecular flexibility index (Phi) is 3.42. The lowest BCUT2D eigenvalue weighted by Gasteiger charge is -1.95. The van der Waals surface area contributed by atoms with E-state index in [2.05, 4.69) is 20.2 Å². The molecule has 6 nitrogen and oxygen atoms in total. The largest absolute Gasteiger partial charge is 0.340 e. The minimum absolute atomic E-state index is 0.642. The molecule has 0 amide bonds. The van der Waals surface area contributed by atoms with Gasteiger partial charge in [-0.25, -0.2) is 4.98 Å². The van der Waals surface area contributed by atoms with Crippen molar-refractivity contribution in [1.82, 2.24) is 25.0 Å². The van der Waals surface area contributed by atoms with E-state index < -0.39 is 0 Å². The zero-order valence-corrected chi connectivity index (χ0v) is 13.5. The summed E-state index contributed by atoms with van der Waals surface area (Å²) in [5.74, 6) is 1.29. The van der Waals surface area contributed by atoms with E-state index in [0.29, 0.717) is 11.8 Å². The average molecular weight is 317 g/mol. The fourth-order valence-electron chi connectivity index (χ4n) is 2.48. The summed E-state index contributed by atoms with van der Waals surface area (Å²) < 4.78 is 0. The third-order valence-corrected chi connectivity index (χ3v) is 3.88. The first-order valence-corrected chi connectivity index (χ1v) is 7.76. The lowest BCUT2D eigenvalue weighted by Crippen LogP contribution is -2.43. The molecule has 0 atom stereocenters. The summed E-state index contributed by atoms with van der Waals surface area (Å²) in [6.45, 7) is 3.96. The van der Waals surface area contributed by atoms with Gasteiger partial charge in [0, 0.05) is 5.69 Å². The summed E-state index contributed by atoms with van der Waals surface area (Å²) in [7, 11) is 0. The van der Waals surface area contributed by atoms with Crippen LogP contribution in [0.5, 0.6) is 0 Å². The summed E-state index contributed by atoms with van der Waals surface area (Å²) >= 11 is 0. The standard InChI is InChI=1S/C18H17N6/c1-13-14(2)20-18(19-13)24-22-17(15-9-5-3-6-10-15)21-23(24)16-11-7-4-8-12-16/h3-12H,1-2H3,(H,19,20)/q+1. The molecule has 0 radical (unpaired) electrons. The number of hydrogen-bond donors (Lipinski definition) is 1. The van der Waals surface area contributed by atoms with Crippen LogP contribution in [0.15, 0.2) is 60.7 Å². The van der Waals surface area contributed by atoms with Gasteiger partial charge in [0.15, 0.2) is 5.69 Å². The maximum absolute atomic E-state index is 4.67. The van der Waals surface area contributed by atoms with Crippen LogP contribution in [0.25, 0.3) is 23.0 Å². The van der Waals surface area contributed by atoms with Gasteiger partial charge in [-0.3, -0.25) is 0 Å². The number of nitrogens with one attached hydrogen (secondary N) is 1. The number of aromatic amines is 1. The molecule has 0 fully saturated rings. The van der Waals surface area contributed by atoms with Crippen molar-refractivity contribution in [3.05, 3.63) is 72.1 Å². The molecular formula is C18H17N6+. The average Bonchev–Trinajstić information content (AvgIpc) is 3.21. The number of benzene rings is 2. The van der Waals surface area contributed by atoms with Crippen LogP contribution in [0.1, 0.15) is 11.4 Å². The zero-order chi connectivity index (χ0) is 16.5. The summed E-state index contributed by atoms with van der Waals surface area (Å²) in [5, 5.41) is 9.33. The van der Waals surface area contributed by atoms with Crippen LogP contribution in [0.2, 0.25) is 0 Å². The van der Waals surface area contributed by atoms with E-state index in [9.17, 15) is 0 Å². The van der Waals surface area contributed by atoms with Crippen LogP contribution in [0.4, 0.5) is 0 Å². The second-order valence-corrected chi connectivity index (χ2v) is 5.57. The predicted molar refractivity (Wildman–Crippen MR) is 89.9 cm³/mol. The van der Waals surface area contributed by atoms with E-state index in [4.69, 9.17) is 0 Å². The lowest BCUT2D eigenvalue weighted by molar-refractivity contribution is -0.735. The van der Waals surface area contributed by atoms with Gasteiger partial charge in [0.2, 0.25) is 0 Å². The molecule has 0 unspecified atom stereocenters. The molecule has 0 aliphatic carbocycles. The maximum atomic E-state index is 4.67. The Morgan fingerprint density at radius 2 is 1.58 bits per heavy atom. The number of H-pyrrole nitrogens is 1. The highest BCUT2D eigenvalue weighted by Gasteiger charge is 2.25. The molecule has 0 saturated carbocycles. The van der Waals surface area contributed by atoms with Gasteiger partial charge < -0.3 is 4.98 Å². The van der Waals surface area contributed by atoms with Gasteiger partial charge in [0.05, 0.1) is 21.2 Å². The minimum atomic E-state index is 0.642. The Bertz CT molecular complexity index is 950. The molecule has 2 heterocycles. The normalized spacial score (nSPS) is 10.9. The quantitative estimate of drug-likeness (QED) is 0.591. The predicted octanol–water partition coefficient (Wildman–Crippen LogP) is 2.55. The molecule has 0 aliphatic heterocycles. The van der Waals surface area contributed by atoms with Gasteiger partial charge >= 0.3 is 5.82 Å². The van der Waals surface area contributed by atoms with Crippen LogP contribution in [-0.4, -0.2) is 25.0 Å². The molecule has 4 rings (SSSR count). The van der Waals surface area contributed by atoms with Crippen molar-refractivity contribution in [1.29, 1.82) is 0 Å². The van der Waals surface area contributed by atoms with Crippen molar-refractivity contribution >= 4 is 0 Å². The van der Waals surface area contributed by atoms with E-state index in [1.807, 2.05) is 74.5 Å². The van der Waals surface area contributed by atoms with Crippen molar-refractivity contribution < 1.29 is 4.80 Å². The van der Waals surface area contributed by atoms with E-state index in [0.717, 1.165) is 22.6 Å². The first kappa shape index (κ1) is 14.3. The molecule has 4 aromatic rings. The second kappa shape index (κ2) is 5.73. The zero-order valence-electron chi connectivity index (χ0n) is 13.5. The molecule has 6 heteroatoms. The van der Waals surface area contributed by atoms with Gasteiger partial charge in [-0.15, -0.1) is 0 Å². The topological polar surface area (TPSA) is 63.3 Å². The first-order chi connectivity index (χ1) is 11.7. The lowest BCUT2D eigenvalue weighted by atomic mass is 10.2. The highest BCUT2D eigenvalue weighted by molar-refractivity contribution is 5.53. The monoisotopic (exact) mass is 317 g/mol. The number of imidazole rings is 1. The fraction of sp³-hybridized carbons (Fsp3) is 0.111. The number of rotatable bonds is 3. The SMILES string of the molecule is Cc1nc(-n2nc(-c3ccccc3)n[n+]2-c2ccccc2)[nH]c1C. The Morgan fingerprint density at radius 1 is 0.917 bits per heavy atom. The minimum Gasteiger partial charge on any atom is -0.322 e. The number of tetrazole rings is 1. The van der Waals surface area contributed by atoms with E-state index in [1.165, 1.54) is 0 Å². The van der Waals surface area contributed by atoms with Crippen molar-refractivity contribution in [3.8, 4) is 23.0 Å². The molecule has 2 aromatic heterocycles. The van der Waals surface area contributed by atoms with E-state index >= 15 is 0 Å². The molecule has 118 valence electrons. The van der Waals surface area contributed by atoms with Gasteiger partial charge in [0.25, 0.3) is 5.95 Å². The van der Waals surface area contributed by atoms with Gasteiger partial charge in [-0.05, 0) is 48.0 Å². The Hall–Kier alpha value is -3.28. The van der Waals surface area contributed by atoms with Gasteiger partial charge in [-0.1, -0.05) is 36.4 Å². The molecule has 1 N–H and O–H groups in total. The first-order valence-electron chi connectivity index (χ1n) is 7.76. The number of hydrogen-bond acceptors (Lipinski definition) is 3. The molecular weight excluding hydrogens is 300 g/mol. The smallest absolute Gasteiger partial charge is 0.322 e. The number of aryl methyl sites for hydroxylation is 2. The Morgan fingerprint density at radius 3 is 2.21 bits per heavy atom. The van der Waals surface area contributed by atoms with Crippen molar-refractivity contribution in [3.63, 3.8) is 0 Å². The fourth-order valence-corrected chi connectivity index (χ4v) is 2.48. The molecule has 24 heavy (non-hydrogen) atoms. The molecule has 2 aromatic carbocycles. The summed E-state index contributed by atoms with van der Waals surface area (Å²) in [4.78, 5) is 11.3. The van der Waals surface area contributed by atoms with E-state index in [-0.39, 0.29) is 0 Å². The number of aromatic nitrogens is 6. The highest BCUT2D eigenvalue weighted by Crippen LogP contribution is 2.14. The summed E-state index contributed by atoms with van der Waals surface area (Å²) in [6, 6.07) is 19.8. The molecule has 0 aliphatic rings. The molecule has 0 saturated heterocycles. The third-order valence-electron chi connectivity index (χ3n) is 3.88. The van der Waals surface area contributed by atoms with Gasteiger partial charge in [-0.2, -0.15) is 0 Å². The van der Waals surface area contributed by atoms with Crippen LogP contribution in [-0.2, 0) is 0 Å². The number of para-hydroxylation sites is 1. The van der Waals surface area contributed by atoms with Crippen LogP contribution in [0, 0.1) is 13.8 Å².